The zero-order chi connectivity index (χ0) is 17.4. The van der Waals surface area contributed by atoms with Gasteiger partial charge in [0.1, 0.15) is 0 Å². The van der Waals surface area contributed by atoms with Gasteiger partial charge in [0.25, 0.3) is 0 Å². The summed E-state index contributed by atoms with van der Waals surface area (Å²) in [6.07, 6.45) is 4.24. The van der Waals surface area contributed by atoms with Crippen molar-refractivity contribution in [3.05, 3.63) is 34.5 Å². The van der Waals surface area contributed by atoms with E-state index in [0.29, 0.717) is 16.7 Å². The number of benzene rings is 1. The zero-order valence-corrected chi connectivity index (χ0v) is 16.1. The van der Waals surface area contributed by atoms with Gasteiger partial charge >= 0.3 is 0 Å². The molecule has 1 fully saturated rings. The lowest BCUT2D eigenvalue weighted by Crippen LogP contribution is -2.40. The van der Waals surface area contributed by atoms with Gasteiger partial charge in [0.05, 0.1) is 5.52 Å². The quantitative estimate of drug-likeness (QED) is 0.772. The molecule has 1 aliphatic carbocycles. The van der Waals surface area contributed by atoms with Crippen molar-refractivity contribution in [1.29, 1.82) is 0 Å². The summed E-state index contributed by atoms with van der Waals surface area (Å²) < 4.78 is 0. The Balaban J connectivity index is 1.50. The Bertz CT molecular complexity index is 824. The minimum atomic E-state index is 0.141. The molecule has 1 aliphatic heterocycles. The predicted molar refractivity (Wildman–Crippen MR) is 108 cm³/mol. The zero-order valence-electron chi connectivity index (χ0n) is 13.8. The maximum atomic E-state index is 12.3. The van der Waals surface area contributed by atoms with Crippen molar-refractivity contribution in [3.63, 3.8) is 0 Å². The molecule has 2 aromatic rings. The van der Waals surface area contributed by atoms with Crippen molar-refractivity contribution < 1.29 is 4.79 Å². The van der Waals surface area contributed by atoms with Crippen LogP contribution in [0.3, 0.4) is 0 Å². The number of carbonyl (C=O) groups excluding carboxylic acids is 1. The molecule has 2 heterocycles. The smallest absolute Gasteiger partial charge is 0.221 e. The van der Waals surface area contributed by atoms with Crippen molar-refractivity contribution in [1.82, 2.24) is 10.3 Å². The summed E-state index contributed by atoms with van der Waals surface area (Å²) in [6.45, 7) is 0. The fourth-order valence-electron chi connectivity index (χ4n) is 3.58. The topological polar surface area (TPSA) is 68.0 Å². The number of nitrogens with zero attached hydrogens (tertiary/aromatic N) is 1. The molecule has 0 spiro atoms. The first-order valence-electron chi connectivity index (χ1n) is 8.54. The Hall–Kier alpha value is -1.11. The Morgan fingerprint density at radius 1 is 1.40 bits per heavy atom. The summed E-state index contributed by atoms with van der Waals surface area (Å²) in [5.41, 5.74) is 10.1. The van der Waals surface area contributed by atoms with E-state index in [2.05, 4.69) is 5.32 Å². The first kappa shape index (κ1) is 17.3. The van der Waals surface area contributed by atoms with Crippen LogP contribution in [0, 0.1) is 0 Å². The van der Waals surface area contributed by atoms with Crippen LogP contribution in [0.15, 0.2) is 18.2 Å². The van der Waals surface area contributed by atoms with Crippen molar-refractivity contribution in [2.75, 3.05) is 11.5 Å². The SMILES string of the molecule is Nc1c2c(nc3cc(Cl)ccc13)CC(NC(=O)CC1CCSS1)CC2. The number of fused-ring (bicyclic) bond motifs is 2. The van der Waals surface area contributed by atoms with Crippen molar-refractivity contribution in [3.8, 4) is 0 Å². The van der Waals surface area contributed by atoms with Gasteiger partial charge in [-0.15, -0.1) is 0 Å². The number of nitrogens with two attached hydrogens (primary N) is 1. The molecule has 1 amide bonds. The maximum Gasteiger partial charge on any atom is 0.221 e. The van der Waals surface area contributed by atoms with E-state index in [-0.39, 0.29) is 11.9 Å². The molecule has 132 valence electrons. The molecular weight excluding hydrogens is 374 g/mol. The van der Waals surface area contributed by atoms with Crippen LogP contribution < -0.4 is 11.1 Å². The fraction of sp³-hybridized carbons (Fsp3) is 0.444. The summed E-state index contributed by atoms with van der Waals surface area (Å²) in [5, 5.41) is 5.27. The van der Waals surface area contributed by atoms with Crippen LogP contribution in [-0.4, -0.2) is 27.9 Å². The number of pyridine rings is 1. The fourth-order valence-corrected chi connectivity index (χ4v) is 6.65. The first-order valence-corrected chi connectivity index (χ1v) is 11.3. The van der Waals surface area contributed by atoms with Gasteiger partial charge in [-0.3, -0.25) is 9.78 Å². The molecule has 4 nitrogen and oxygen atoms in total. The van der Waals surface area contributed by atoms with E-state index >= 15 is 0 Å². The average Bonchev–Trinajstić information content (AvgIpc) is 3.07. The Morgan fingerprint density at radius 2 is 2.28 bits per heavy atom. The number of nitrogens with one attached hydrogen (secondary N) is 1. The molecule has 0 saturated carbocycles. The van der Waals surface area contributed by atoms with Crippen LogP contribution in [0.5, 0.6) is 0 Å². The number of carbonyl (C=O) groups is 1. The maximum absolute atomic E-state index is 12.3. The third kappa shape index (κ3) is 3.71. The lowest BCUT2D eigenvalue weighted by atomic mass is 9.89. The lowest BCUT2D eigenvalue weighted by molar-refractivity contribution is -0.121. The van der Waals surface area contributed by atoms with E-state index in [4.69, 9.17) is 22.3 Å². The third-order valence-electron chi connectivity index (χ3n) is 4.87. The molecule has 1 aromatic carbocycles. The molecule has 2 aliphatic rings. The van der Waals surface area contributed by atoms with Gasteiger partial charge in [-0.25, -0.2) is 0 Å². The lowest BCUT2D eigenvalue weighted by Gasteiger charge is -2.26. The Morgan fingerprint density at radius 3 is 3.08 bits per heavy atom. The molecular formula is C18H20ClN3OS2. The van der Waals surface area contributed by atoms with E-state index in [1.165, 1.54) is 0 Å². The largest absolute Gasteiger partial charge is 0.398 e. The van der Waals surface area contributed by atoms with Crippen molar-refractivity contribution in [2.24, 2.45) is 0 Å². The van der Waals surface area contributed by atoms with Crippen molar-refractivity contribution in [2.45, 2.75) is 43.4 Å². The molecule has 1 aromatic heterocycles. The minimum absolute atomic E-state index is 0.141. The number of rotatable bonds is 3. The first-order chi connectivity index (χ1) is 12.1. The van der Waals surface area contributed by atoms with E-state index in [0.717, 1.165) is 59.3 Å². The van der Waals surface area contributed by atoms with Gasteiger partial charge in [0.2, 0.25) is 5.91 Å². The molecule has 2 unspecified atom stereocenters. The summed E-state index contributed by atoms with van der Waals surface area (Å²) in [5.74, 6) is 1.31. The van der Waals surface area contributed by atoms with Gasteiger partial charge in [0, 0.05) is 51.7 Å². The van der Waals surface area contributed by atoms with Crippen LogP contribution in [0.25, 0.3) is 10.9 Å². The molecule has 3 N–H and O–H groups in total. The second-order valence-electron chi connectivity index (χ2n) is 6.65. The minimum Gasteiger partial charge on any atom is -0.398 e. The monoisotopic (exact) mass is 393 g/mol. The highest BCUT2D eigenvalue weighted by Gasteiger charge is 2.26. The normalized spacial score (nSPS) is 22.8. The predicted octanol–water partition coefficient (Wildman–Crippen LogP) is 3.99. The van der Waals surface area contributed by atoms with E-state index < -0.39 is 0 Å². The van der Waals surface area contributed by atoms with Crippen molar-refractivity contribution >= 4 is 55.7 Å². The number of hydrogen-bond donors (Lipinski definition) is 2. The van der Waals surface area contributed by atoms with Gasteiger partial charge < -0.3 is 11.1 Å². The molecule has 25 heavy (non-hydrogen) atoms. The number of halogens is 1. The van der Waals surface area contributed by atoms with Gasteiger partial charge in [-0.2, -0.15) is 0 Å². The van der Waals surface area contributed by atoms with Gasteiger partial charge in [-0.05, 0) is 43.0 Å². The average molecular weight is 394 g/mol. The van der Waals surface area contributed by atoms with Crippen LogP contribution in [-0.2, 0) is 17.6 Å². The summed E-state index contributed by atoms with van der Waals surface area (Å²) >= 11 is 6.09. The van der Waals surface area contributed by atoms with Gasteiger partial charge in [0.15, 0.2) is 0 Å². The Labute approximate surface area is 160 Å². The second-order valence-corrected chi connectivity index (χ2v) is 9.88. The number of nitrogen functional groups attached to an aromatic ring is 1. The van der Waals surface area contributed by atoms with E-state index in [1.807, 2.05) is 39.8 Å². The van der Waals surface area contributed by atoms with E-state index in [1.54, 1.807) is 0 Å². The summed E-state index contributed by atoms with van der Waals surface area (Å²) in [7, 11) is 3.71. The standard InChI is InChI=1S/C18H20ClN3OS2/c19-10-1-3-13-15(7-10)22-16-8-11(2-4-14(16)18(13)20)21-17(23)9-12-5-6-24-25-12/h1,3,7,11-12H,2,4-6,8-9H2,(H2,20,22)(H,21,23). The summed E-state index contributed by atoms with van der Waals surface area (Å²) in [4.78, 5) is 17.1. The number of anilines is 1. The second kappa shape index (κ2) is 7.25. The highest BCUT2D eigenvalue weighted by molar-refractivity contribution is 8.77. The van der Waals surface area contributed by atoms with Crippen LogP contribution in [0.1, 0.15) is 30.5 Å². The highest BCUT2D eigenvalue weighted by atomic mass is 35.5. The van der Waals surface area contributed by atoms with Crippen LogP contribution in [0.4, 0.5) is 5.69 Å². The molecule has 7 heteroatoms. The van der Waals surface area contributed by atoms with Crippen LogP contribution >= 0.6 is 33.2 Å². The molecule has 0 radical (unpaired) electrons. The number of aromatic nitrogens is 1. The third-order valence-corrected chi connectivity index (χ3v) is 8.04. The molecule has 1 saturated heterocycles. The van der Waals surface area contributed by atoms with E-state index in [9.17, 15) is 4.79 Å². The van der Waals surface area contributed by atoms with Gasteiger partial charge in [-0.1, -0.05) is 33.2 Å². The Kier molecular flexibility index (Phi) is 5.02. The molecule has 4 rings (SSSR count). The molecule has 0 bridgehead atoms. The number of hydrogen-bond acceptors (Lipinski definition) is 5. The number of amides is 1. The summed E-state index contributed by atoms with van der Waals surface area (Å²) in [6, 6.07) is 5.78. The highest BCUT2D eigenvalue weighted by Crippen LogP contribution is 2.39. The van der Waals surface area contributed by atoms with Crippen LogP contribution in [0.2, 0.25) is 5.02 Å². The molecule has 2 atom stereocenters.